The van der Waals surface area contributed by atoms with Crippen molar-refractivity contribution in [2.24, 2.45) is 0 Å². The minimum absolute atomic E-state index is 0.104. The summed E-state index contributed by atoms with van der Waals surface area (Å²) in [6, 6.07) is 7.38. The average Bonchev–Trinajstić information content (AvgIpc) is 2.46. The average molecular weight is 372 g/mol. The van der Waals surface area contributed by atoms with E-state index in [-0.39, 0.29) is 24.9 Å². The molecular weight excluding hydrogens is 350 g/mol. The summed E-state index contributed by atoms with van der Waals surface area (Å²) in [6.45, 7) is 1.51. The molecule has 0 spiro atoms. The molecule has 1 aromatic carbocycles. The van der Waals surface area contributed by atoms with Crippen molar-refractivity contribution in [3.8, 4) is 0 Å². The lowest BCUT2D eigenvalue weighted by Crippen LogP contribution is -2.39. The van der Waals surface area contributed by atoms with Gasteiger partial charge in [0.2, 0.25) is 11.8 Å². The zero-order valence-corrected chi connectivity index (χ0v) is 14.5. The first-order valence-corrected chi connectivity index (χ1v) is 7.80. The molecule has 0 radical (unpaired) electrons. The first-order chi connectivity index (χ1) is 10.5. The van der Waals surface area contributed by atoms with E-state index < -0.39 is 0 Å². The Kier molecular flexibility index (Phi) is 8.72. The lowest BCUT2D eigenvalue weighted by molar-refractivity contribution is -0.123. The van der Waals surface area contributed by atoms with Gasteiger partial charge in [-0.15, -0.1) is 0 Å². The first-order valence-electron chi connectivity index (χ1n) is 7.01. The molecule has 0 saturated carbocycles. The smallest absolute Gasteiger partial charge is 0.238 e. The topological polar surface area (TPSA) is 70.7 Å². The fourth-order valence-corrected chi connectivity index (χ4v) is 2.18. The van der Waals surface area contributed by atoms with E-state index in [0.29, 0.717) is 18.8 Å². The van der Waals surface area contributed by atoms with Gasteiger partial charge in [0.05, 0.1) is 18.8 Å². The van der Waals surface area contributed by atoms with Crippen LogP contribution in [0, 0.1) is 0 Å². The van der Waals surface area contributed by atoms with E-state index in [1.54, 1.807) is 19.1 Å². The Labute approximate surface area is 139 Å². The number of para-hydroxylation sites is 1. The van der Waals surface area contributed by atoms with Crippen LogP contribution in [0.4, 0.5) is 5.69 Å². The van der Waals surface area contributed by atoms with Gasteiger partial charge >= 0.3 is 0 Å². The van der Waals surface area contributed by atoms with Gasteiger partial charge in [-0.05, 0) is 41.5 Å². The number of nitrogens with zero attached hydrogens (tertiary/aromatic N) is 1. The number of benzene rings is 1. The summed E-state index contributed by atoms with van der Waals surface area (Å²) in [6.07, 6.45) is 0.772. The molecule has 0 aliphatic heterocycles. The molecule has 0 heterocycles. The molecule has 2 amide bonds. The number of hydrogen-bond donors (Lipinski definition) is 2. The van der Waals surface area contributed by atoms with Gasteiger partial charge in [0.1, 0.15) is 0 Å². The van der Waals surface area contributed by atoms with Crippen LogP contribution in [0.5, 0.6) is 0 Å². The molecule has 0 aliphatic carbocycles. The summed E-state index contributed by atoms with van der Waals surface area (Å²) in [5, 5.41) is 5.58. The molecule has 0 saturated heterocycles. The molecule has 0 fully saturated rings. The number of ether oxygens (including phenoxy) is 1. The summed E-state index contributed by atoms with van der Waals surface area (Å²) < 4.78 is 5.73. The number of methoxy groups -OCH3 is 1. The maximum Gasteiger partial charge on any atom is 0.238 e. The number of halogens is 1. The minimum atomic E-state index is -0.165. The Morgan fingerprint density at radius 3 is 2.59 bits per heavy atom. The number of likely N-dealkylation sites (N-methyl/N-ethyl adjacent to an activating group) is 1. The van der Waals surface area contributed by atoms with Crippen molar-refractivity contribution in [1.82, 2.24) is 10.2 Å². The molecule has 0 unspecified atom stereocenters. The number of carbonyl (C=O) groups excluding carboxylic acids is 2. The molecular formula is C15H22BrN3O3. The fourth-order valence-electron chi connectivity index (χ4n) is 1.80. The lowest BCUT2D eigenvalue weighted by Gasteiger charge is -2.16. The van der Waals surface area contributed by atoms with Gasteiger partial charge in [0.25, 0.3) is 0 Å². The van der Waals surface area contributed by atoms with Crippen molar-refractivity contribution in [3.63, 3.8) is 0 Å². The third-order valence-corrected chi connectivity index (χ3v) is 3.51. The van der Waals surface area contributed by atoms with E-state index in [1.807, 2.05) is 24.3 Å². The Bertz CT molecular complexity index is 497. The van der Waals surface area contributed by atoms with Crippen LogP contribution in [-0.4, -0.2) is 57.1 Å². The summed E-state index contributed by atoms with van der Waals surface area (Å²) >= 11 is 3.37. The zero-order valence-electron chi connectivity index (χ0n) is 12.9. The Morgan fingerprint density at radius 1 is 1.23 bits per heavy atom. The second-order valence-corrected chi connectivity index (χ2v) is 5.75. The van der Waals surface area contributed by atoms with Gasteiger partial charge in [-0.1, -0.05) is 12.1 Å². The van der Waals surface area contributed by atoms with Gasteiger partial charge in [-0.3, -0.25) is 14.5 Å². The van der Waals surface area contributed by atoms with E-state index in [2.05, 4.69) is 26.6 Å². The largest absolute Gasteiger partial charge is 0.385 e. The SMILES string of the molecule is COCCCNC(=O)CN(C)CC(=O)Nc1ccccc1Br. The van der Waals surface area contributed by atoms with Gasteiger partial charge in [0.15, 0.2) is 0 Å². The van der Waals surface area contributed by atoms with Crippen LogP contribution in [-0.2, 0) is 14.3 Å². The molecule has 1 rings (SSSR count). The standard InChI is InChI=1S/C15H22BrN3O3/c1-19(10-14(20)17-8-5-9-22-2)11-15(21)18-13-7-4-3-6-12(13)16/h3-4,6-7H,5,8-11H2,1-2H3,(H,17,20)(H,18,21). The summed E-state index contributed by atoms with van der Waals surface area (Å²) in [5.41, 5.74) is 0.713. The number of anilines is 1. The highest BCUT2D eigenvalue weighted by molar-refractivity contribution is 9.10. The van der Waals surface area contributed by atoms with Crippen LogP contribution in [0.2, 0.25) is 0 Å². The predicted octanol–water partition coefficient (Wildman–Crippen LogP) is 1.47. The second-order valence-electron chi connectivity index (χ2n) is 4.90. The van der Waals surface area contributed by atoms with Crippen LogP contribution in [0.15, 0.2) is 28.7 Å². The fraction of sp³-hybridized carbons (Fsp3) is 0.467. The van der Waals surface area contributed by atoms with Crippen LogP contribution >= 0.6 is 15.9 Å². The van der Waals surface area contributed by atoms with Crippen LogP contribution in [0.3, 0.4) is 0 Å². The van der Waals surface area contributed by atoms with Gasteiger partial charge in [0, 0.05) is 24.7 Å². The van der Waals surface area contributed by atoms with Crippen molar-refractivity contribution in [3.05, 3.63) is 28.7 Å². The first kappa shape index (κ1) is 18.6. The molecule has 6 nitrogen and oxygen atoms in total. The summed E-state index contributed by atoms with van der Waals surface area (Å²) in [4.78, 5) is 25.3. The molecule has 1 aromatic rings. The molecule has 0 aromatic heterocycles. The summed E-state index contributed by atoms with van der Waals surface area (Å²) in [7, 11) is 3.35. The van der Waals surface area contributed by atoms with Gasteiger partial charge in [-0.25, -0.2) is 0 Å². The highest BCUT2D eigenvalue weighted by Crippen LogP contribution is 2.20. The van der Waals surface area contributed by atoms with Crippen molar-refractivity contribution in [2.45, 2.75) is 6.42 Å². The zero-order chi connectivity index (χ0) is 16.4. The minimum Gasteiger partial charge on any atom is -0.385 e. The van der Waals surface area contributed by atoms with E-state index in [0.717, 1.165) is 10.9 Å². The van der Waals surface area contributed by atoms with Gasteiger partial charge in [-0.2, -0.15) is 0 Å². The Hall–Kier alpha value is -1.44. The van der Waals surface area contributed by atoms with Crippen molar-refractivity contribution in [2.75, 3.05) is 45.7 Å². The quantitative estimate of drug-likeness (QED) is 0.644. The van der Waals surface area contributed by atoms with Crippen LogP contribution in [0.25, 0.3) is 0 Å². The van der Waals surface area contributed by atoms with Crippen LogP contribution in [0.1, 0.15) is 6.42 Å². The summed E-state index contributed by atoms with van der Waals surface area (Å²) in [5.74, 6) is -0.270. The monoisotopic (exact) mass is 371 g/mol. The third kappa shape index (κ3) is 7.53. The van der Waals surface area contributed by atoms with Crippen molar-refractivity contribution in [1.29, 1.82) is 0 Å². The Morgan fingerprint density at radius 2 is 1.91 bits per heavy atom. The highest BCUT2D eigenvalue weighted by Gasteiger charge is 2.11. The molecule has 0 bridgehead atoms. The van der Waals surface area contributed by atoms with Crippen LogP contribution < -0.4 is 10.6 Å². The Balaban J connectivity index is 2.29. The van der Waals surface area contributed by atoms with E-state index >= 15 is 0 Å². The molecule has 2 N–H and O–H groups in total. The van der Waals surface area contributed by atoms with E-state index in [4.69, 9.17) is 4.74 Å². The molecule has 0 aliphatic rings. The van der Waals surface area contributed by atoms with Crippen molar-refractivity contribution < 1.29 is 14.3 Å². The number of rotatable bonds is 9. The van der Waals surface area contributed by atoms with E-state index in [1.165, 1.54) is 0 Å². The maximum absolute atomic E-state index is 11.9. The number of hydrogen-bond acceptors (Lipinski definition) is 4. The predicted molar refractivity (Wildman–Crippen MR) is 89.8 cm³/mol. The lowest BCUT2D eigenvalue weighted by atomic mass is 10.3. The van der Waals surface area contributed by atoms with E-state index in [9.17, 15) is 9.59 Å². The molecule has 0 atom stereocenters. The maximum atomic E-state index is 11.9. The normalized spacial score (nSPS) is 10.5. The third-order valence-electron chi connectivity index (χ3n) is 2.82. The van der Waals surface area contributed by atoms with Crippen molar-refractivity contribution >= 4 is 33.4 Å². The molecule has 7 heteroatoms. The molecule has 122 valence electrons. The highest BCUT2D eigenvalue weighted by atomic mass is 79.9. The second kappa shape index (κ2) is 10.3. The number of carbonyl (C=O) groups is 2. The van der Waals surface area contributed by atoms with Gasteiger partial charge < -0.3 is 15.4 Å². The number of nitrogens with one attached hydrogen (secondary N) is 2. The molecule has 22 heavy (non-hydrogen) atoms. The number of amides is 2.